The molecule has 1 aliphatic rings. The summed E-state index contributed by atoms with van der Waals surface area (Å²) in [6, 6.07) is 7.00. The highest BCUT2D eigenvalue weighted by molar-refractivity contribution is 5.97. The number of carbonyl (C=O) groups is 2. The van der Waals surface area contributed by atoms with Crippen molar-refractivity contribution in [3.63, 3.8) is 0 Å². The number of likely N-dealkylation sites (tertiary alicyclic amines) is 1. The topological polar surface area (TPSA) is 61.4 Å². The summed E-state index contributed by atoms with van der Waals surface area (Å²) >= 11 is 0. The third-order valence-electron chi connectivity index (χ3n) is 4.76. The lowest BCUT2D eigenvalue weighted by atomic mass is 9.96. The molecule has 0 unspecified atom stereocenters. The number of hydrogen-bond donors (Lipinski definition) is 2. The molecule has 0 aromatic heterocycles. The second kappa shape index (κ2) is 10.7. The maximum atomic E-state index is 12.7. The van der Waals surface area contributed by atoms with Crippen LogP contribution in [0.4, 0.5) is 0 Å². The van der Waals surface area contributed by atoms with Crippen LogP contribution in [0.1, 0.15) is 61.3 Å². The van der Waals surface area contributed by atoms with Gasteiger partial charge in [0, 0.05) is 30.8 Å². The van der Waals surface area contributed by atoms with Crippen molar-refractivity contribution in [2.45, 2.75) is 40.5 Å². The van der Waals surface area contributed by atoms with Gasteiger partial charge < -0.3 is 15.5 Å². The first kappa shape index (κ1) is 23.4. The lowest BCUT2D eigenvalue weighted by Gasteiger charge is -2.32. The molecular formula is C21H34ClN3O2. The highest BCUT2D eigenvalue weighted by Gasteiger charge is 2.23. The van der Waals surface area contributed by atoms with E-state index in [1.807, 2.05) is 4.90 Å². The van der Waals surface area contributed by atoms with Gasteiger partial charge in [-0.3, -0.25) is 9.59 Å². The third-order valence-corrected chi connectivity index (χ3v) is 4.76. The minimum atomic E-state index is -0.0943. The second-order valence-corrected chi connectivity index (χ2v) is 8.36. The van der Waals surface area contributed by atoms with Crippen molar-refractivity contribution in [3.05, 3.63) is 35.4 Å². The summed E-state index contributed by atoms with van der Waals surface area (Å²) in [5.74, 6) is 0.629. The number of halogens is 1. The van der Waals surface area contributed by atoms with E-state index in [0.717, 1.165) is 39.0 Å². The fourth-order valence-corrected chi connectivity index (χ4v) is 3.08. The van der Waals surface area contributed by atoms with Crippen LogP contribution in [-0.4, -0.2) is 49.4 Å². The third kappa shape index (κ3) is 7.51. The zero-order valence-electron chi connectivity index (χ0n) is 17.0. The van der Waals surface area contributed by atoms with Crippen LogP contribution < -0.4 is 10.6 Å². The van der Waals surface area contributed by atoms with Gasteiger partial charge in [0.1, 0.15) is 0 Å². The quantitative estimate of drug-likeness (QED) is 0.776. The van der Waals surface area contributed by atoms with Crippen LogP contribution in [0.5, 0.6) is 0 Å². The summed E-state index contributed by atoms with van der Waals surface area (Å²) in [5.41, 5.74) is 1.29. The second-order valence-electron chi connectivity index (χ2n) is 8.36. The Morgan fingerprint density at radius 2 is 1.63 bits per heavy atom. The molecule has 1 fully saturated rings. The Labute approximate surface area is 169 Å². The first-order valence-electron chi connectivity index (χ1n) is 9.68. The molecule has 1 heterocycles. The van der Waals surface area contributed by atoms with E-state index in [-0.39, 0.29) is 29.6 Å². The monoisotopic (exact) mass is 395 g/mol. The lowest BCUT2D eigenvalue weighted by molar-refractivity contribution is 0.0690. The Kier molecular flexibility index (Phi) is 9.27. The summed E-state index contributed by atoms with van der Waals surface area (Å²) in [5, 5.41) is 6.32. The molecule has 1 aliphatic heterocycles. The molecule has 0 saturated carbocycles. The molecule has 0 bridgehead atoms. The molecule has 0 spiro atoms. The average Bonchev–Trinajstić information content (AvgIpc) is 2.64. The summed E-state index contributed by atoms with van der Waals surface area (Å²) in [7, 11) is 0. The van der Waals surface area contributed by atoms with E-state index in [9.17, 15) is 9.59 Å². The molecule has 2 amide bonds. The van der Waals surface area contributed by atoms with E-state index < -0.39 is 0 Å². The molecular weight excluding hydrogens is 362 g/mol. The van der Waals surface area contributed by atoms with Gasteiger partial charge in [-0.1, -0.05) is 27.7 Å². The van der Waals surface area contributed by atoms with Gasteiger partial charge in [0.25, 0.3) is 11.8 Å². The van der Waals surface area contributed by atoms with Crippen LogP contribution in [0.25, 0.3) is 0 Å². The number of nitrogens with zero attached hydrogens (tertiary/aromatic N) is 1. The van der Waals surface area contributed by atoms with Crippen LogP contribution in [0.2, 0.25) is 0 Å². The van der Waals surface area contributed by atoms with Crippen molar-refractivity contribution in [3.8, 4) is 0 Å². The maximum Gasteiger partial charge on any atom is 0.253 e. The minimum Gasteiger partial charge on any atom is -0.352 e. The lowest BCUT2D eigenvalue weighted by Crippen LogP contribution is -2.40. The molecule has 1 aromatic carbocycles. The Bertz CT molecular complexity index is 603. The van der Waals surface area contributed by atoms with Crippen LogP contribution in [0.15, 0.2) is 24.3 Å². The molecule has 1 aromatic rings. The van der Waals surface area contributed by atoms with Gasteiger partial charge in [-0.15, -0.1) is 12.4 Å². The molecule has 0 radical (unpaired) electrons. The van der Waals surface area contributed by atoms with Crippen molar-refractivity contribution >= 4 is 24.2 Å². The fraction of sp³-hybridized carbons (Fsp3) is 0.619. The number of amides is 2. The van der Waals surface area contributed by atoms with Crippen molar-refractivity contribution in [2.24, 2.45) is 11.3 Å². The number of benzene rings is 1. The van der Waals surface area contributed by atoms with Gasteiger partial charge in [-0.05, 0) is 61.5 Å². The van der Waals surface area contributed by atoms with Crippen LogP contribution in [0.3, 0.4) is 0 Å². The Hall–Kier alpha value is -1.59. The molecule has 5 nitrogen and oxygen atoms in total. The number of hydrogen-bond acceptors (Lipinski definition) is 3. The standard InChI is InChI=1S/C21H33N3O2.ClH/c1-5-22-14-16-10-12-24(13-11-16)20(26)18-8-6-17(7-9-18)19(25)23-15-21(2,3)4;/h6-9,16,22H,5,10-15H2,1-4H3,(H,23,25);1H. The number of piperidine rings is 1. The number of nitrogens with one attached hydrogen (secondary N) is 2. The van der Waals surface area contributed by atoms with Gasteiger partial charge >= 0.3 is 0 Å². The number of rotatable bonds is 6. The minimum absolute atomic E-state index is 0. The molecule has 0 aliphatic carbocycles. The summed E-state index contributed by atoms with van der Waals surface area (Å²) in [6.45, 7) is 12.6. The van der Waals surface area contributed by atoms with Crippen LogP contribution in [-0.2, 0) is 0 Å². The van der Waals surface area contributed by atoms with Gasteiger partial charge in [0.15, 0.2) is 0 Å². The van der Waals surface area contributed by atoms with Gasteiger partial charge in [0.05, 0.1) is 0 Å². The van der Waals surface area contributed by atoms with Crippen molar-refractivity contribution in [1.82, 2.24) is 15.5 Å². The van der Waals surface area contributed by atoms with E-state index >= 15 is 0 Å². The maximum absolute atomic E-state index is 12.7. The molecule has 2 N–H and O–H groups in total. The first-order valence-corrected chi connectivity index (χ1v) is 9.68. The van der Waals surface area contributed by atoms with Gasteiger partial charge in [0.2, 0.25) is 0 Å². The van der Waals surface area contributed by atoms with E-state index in [1.165, 1.54) is 0 Å². The smallest absolute Gasteiger partial charge is 0.253 e. The normalized spacial score (nSPS) is 15.2. The van der Waals surface area contributed by atoms with Crippen molar-refractivity contribution in [1.29, 1.82) is 0 Å². The van der Waals surface area contributed by atoms with E-state index in [0.29, 0.717) is 23.6 Å². The molecule has 6 heteroatoms. The zero-order valence-corrected chi connectivity index (χ0v) is 17.8. The van der Waals surface area contributed by atoms with Crippen molar-refractivity contribution < 1.29 is 9.59 Å². The average molecular weight is 396 g/mol. The summed E-state index contributed by atoms with van der Waals surface area (Å²) in [4.78, 5) is 26.8. The first-order chi connectivity index (χ1) is 12.3. The van der Waals surface area contributed by atoms with E-state index in [2.05, 4.69) is 38.3 Å². The van der Waals surface area contributed by atoms with Crippen LogP contribution in [0, 0.1) is 11.3 Å². The Balaban J connectivity index is 0.00000364. The Morgan fingerprint density at radius 1 is 1.07 bits per heavy atom. The molecule has 27 heavy (non-hydrogen) atoms. The highest BCUT2D eigenvalue weighted by atomic mass is 35.5. The predicted molar refractivity (Wildman–Crippen MR) is 113 cm³/mol. The fourth-order valence-electron chi connectivity index (χ4n) is 3.08. The van der Waals surface area contributed by atoms with Gasteiger partial charge in [-0.2, -0.15) is 0 Å². The SMILES string of the molecule is CCNCC1CCN(C(=O)c2ccc(C(=O)NCC(C)(C)C)cc2)CC1.Cl. The largest absolute Gasteiger partial charge is 0.352 e. The molecule has 0 atom stereocenters. The van der Waals surface area contributed by atoms with E-state index in [4.69, 9.17) is 0 Å². The van der Waals surface area contributed by atoms with Crippen molar-refractivity contribution in [2.75, 3.05) is 32.7 Å². The molecule has 152 valence electrons. The summed E-state index contributed by atoms with van der Waals surface area (Å²) < 4.78 is 0. The highest BCUT2D eigenvalue weighted by Crippen LogP contribution is 2.19. The van der Waals surface area contributed by atoms with Crippen LogP contribution >= 0.6 is 12.4 Å². The van der Waals surface area contributed by atoms with E-state index in [1.54, 1.807) is 24.3 Å². The molecule has 1 saturated heterocycles. The molecule has 2 rings (SSSR count). The number of carbonyl (C=O) groups excluding carboxylic acids is 2. The van der Waals surface area contributed by atoms with Gasteiger partial charge in [-0.25, -0.2) is 0 Å². The Morgan fingerprint density at radius 3 is 2.15 bits per heavy atom. The zero-order chi connectivity index (χ0) is 19.2. The summed E-state index contributed by atoms with van der Waals surface area (Å²) in [6.07, 6.45) is 2.10. The predicted octanol–water partition coefficient (Wildman–Crippen LogP) is 3.35.